The molecule has 8 heteroatoms. The summed E-state index contributed by atoms with van der Waals surface area (Å²) in [4.78, 5) is 25.1. The van der Waals surface area contributed by atoms with E-state index in [1.165, 1.54) is 23.5 Å². The minimum absolute atomic E-state index is 0.190. The quantitative estimate of drug-likeness (QED) is 0.377. The van der Waals surface area contributed by atoms with E-state index in [0.29, 0.717) is 21.9 Å². The Bertz CT molecular complexity index is 1080. The van der Waals surface area contributed by atoms with Crippen molar-refractivity contribution in [1.82, 2.24) is 0 Å². The van der Waals surface area contributed by atoms with Crippen LogP contribution in [0.1, 0.15) is 29.8 Å². The van der Waals surface area contributed by atoms with Gasteiger partial charge in [-0.2, -0.15) is 0 Å². The van der Waals surface area contributed by atoms with Gasteiger partial charge in [0, 0.05) is 10.9 Å². The first kappa shape index (κ1) is 23.0. The standard InChI is InChI=1S/C23H21BrFNO4S/c1-3-14-5-10-19(18(24)11-14)30-12-20(27)26-22-21(23(28)29-4-2)17(13-31-22)15-6-8-16(25)9-7-15/h5-11,13H,3-4,12H2,1-2H3,(H,26,27). The number of benzene rings is 2. The fourth-order valence-corrected chi connectivity index (χ4v) is 4.40. The molecule has 31 heavy (non-hydrogen) atoms. The SMILES string of the molecule is CCOC(=O)c1c(-c2ccc(F)cc2)csc1NC(=O)COc1ccc(CC)cc1Br. The van der Waals surface area contributed by atoms with E-state index in [9.17, 15) is 14.0 Å². The molecule has 2 aromatic carbocycles. The van der Waals surface area contributed by atoms with Crippen molar-refractivity contribution in [3.05, 3.63) is 69.3 Å². The first-order valence-electron chi connectivity index (χ1n) is 9.68. The van der Waals surface area contributed by atoms with Crippen LogP contribution in [0.5, 0.6) is 5.75 Å². The molecule has 1 N–H and O–H groups in total. The zero-order valence-corrected chi connectivity index (χ0v) is 19.4. The van der Waals surface area contributed by atoms with Gasteiger partial charge in [-0.25, -0.2) is 9.18 Å². The molecule has 1 aromatic heterocycles. The van der Waals surface area contributed by atoms with Crippen LogP contribution in [0.25, 0.3) is 11.1 Å². The molecule has 1 heterocycles. The van der Waals surface area contributed by atoms with Gasteiger partial charge in [0.05, 0.1) is 11.1 Å². The van der Waals surface area contributed by atoms with E-state index >= 15 is 0 Å². The van der Waals surface area contributed by atoms with E-state index in [1.807, 2.05) is 12.1 Å². The summed E-state index contributed by atoms with van der Waals surface area (Å²) in [7, 11) is 0. The predicted octanol–water partition coefficient (Wildman–Crippen LogP) is 6.07. The lowest BCUT2D eigenvalue weighted by Crippen LogP contribution is -2.21. The maximum atomic E-state index is 13.3. The van der Waals surface area contributed by atoms with Gasteiger partial charge in [0.1, 0.15) is 22.1 Å². The van der Waals surface area contributed by atoms with Crippen LogP contribution in [0.15, 0.2) is 52.3 Å². The summed E-state index contributed by atoms with van der Waals surface area (Å²) < 4.78 is 24.8. The van der Waals surface area contributed by atoms with Crippen molar-refractivity contribution < 1.29 is 23.5 Å². The van der Waals surface area contributed by atoms with E-state index in [4.69, 9.17) is 9.47 Å². The molecule has 1 amide bonds. The van der Waals surface area contributed by atoms with Crippen molar-refractivity contribution in [3.63, 3.8) is 0 Å². The van der Waals surface area contributed by atoms with Gasteiger partial charge in [0.25, 0.3) is 5.91 Å². The largest absolute Gasteiger partial charge is 0.483 e. The molecule has 0 atom stereocenters. The van der Waals surface area contributed by atoms with E-state index in [1.54, 1.807) is 30.5 Å². The molecule has 0 fully saturated rings. The van der Waals surface area contributed by atoms with Crippen LogP contribution >= 0.6 is 27.3 Å². The molecule has 0 saturated heterocycles. The van der Waals surface area contributed by atoms with Crippen molar-refractivity contribution in [2.45, 2.75) is 20.3 Å². The smallest absolute Gasteiger partial charge is 0.341 e. The molecule has 0 aliphatic carbocycles. The number of ether oxygens (including phenoxy) is 2. The Morgan fingerprint density at radius 3 is 2.52 bits per heavy atom. The van der Waals surface area contributed by atoms with E-state index in [-0.39, 0.29) is 24.6 Å². The van der Waals surface area contributed by atoms with Crippen molar-refractivity contribution in [2.75, 3.05) is 18.5 Å². The van der Waals surface area contributed by atoms with Gasteiger partial charge in [-0.3, -0.25) is 4.79 Å². The van der Waals surface area contributed by atoms with Crippen LogP contribution in [0.4, 0.5) is 9.39 Å². The predicted molar refractivity (Wildman–Crippen MR) is 123 cm³/mol. The Kier molecular flexibility index (Phi) is 7.81. The Hall–Kier alpha value is -2.71. The Balaban J connectivity index is 1.78. The van der Waals surface area contributed by atoms with Gasteiger partial charge in [-0.15, -0.1) is 11.3 Å². The van der Waals surface area contributed by atoms with Crippen LogP contribution < -0.4 is 10.1 Å². The number of carbonyl (C=O) groups excluding carboxylic acids is 2. The second-order valence-corrected chi connectivity index (χ2v) is 8.27. The number of anilines is 1. The van der Waals surface area contributed by atoms with Crippen molar-refractivity contribution in [1.29, 1.82) is 0 Å². The molecule has 0 unspecified atom stereocenters. The highest BCUT2D eigenvalue weighted by Gasteiger charge is 2.23. The number of aryl methyl sites for hydroxylation is 1. The molecular formula is C23H21BrFNO4S. The summed E-state index contributed by atoms with van der Waals surface area (Å²) in [5, 5.41) is 4.81. The van der Waals surface area contributed by atoms with Crippen LogP contribution in [0, 0.1) is 5.82 Å². The van der Waals surface area contributed by atoms with Gasteiger partial charge in [-0.1, -0.05) is 25.1 Å². The summed E-state index contributed by atoms with van der Waals surface area (Å²) in [5.41, 5.74) is 2.60. The molecule has 3 aromatic rings. The third-order valence-electron chi connectivity index (χ3n) is 4.44. The lowest BCUT2D eigenvalue weighted by atomic mass is 10.0. The molecule has 0 radical (unpaired) electrons. The maximum Gasteiger partial charge on any atom is 0.341 e. The number of amides is 1. The fourth-order valence-electron chi connectivity index (χ4n) is 2.89. The number of carbonyl (C=O) groups is 2. The maximum absolute atomic E-state index is 13.3. The fraction of sp³-hybridized carbons (Fsp3) is 0.217. The lowest BCUT2D eigenvalue weighted by Gasteiger charge is -2.11. The highest BCUT2D eigenvalue weighted by molar-refractivity contribution is 9.10. The Morgan fingerprint density at radius 1 is 1.13 bits per heavy atom. The molecule has 0 aliphatic rings. The average molecular weight is 506 g/mol. The second kappa shape index (κ2) is 10.5. The van der Waals surface area contributed by atoms with Gasteiger partial charge < -0.3 is 14.8 Å². The number of nitrogens with one attached hydrogen (secondary N) is 1. The number of halogens is 2. The summed E-state index contributed by atoms with van der Waals surface area (Å²) in [6, 6.07) is 11.5. The summed E-state index contributed by atoms with van der Waals surface area (Å²) >= 11 is 4.64. The van der Waals surface area contributed by atoms with Crippen LogP contribution in [-0.2, 0) is 16.0 Å². The van der Waals surface area contributed by atoms with Gasteiger partial charge in [0.15, 0.2) is 6.61 Å². The molecule has 0 saturated carbocycles. The summed E-state index contributed by atoms with van der Waals surface area (Å²) in [5.74, 6) is -0.793. The summed E-state index contributed by atoms with van der Waals surface area (Å²) in [6.07, 6.45) is 0.894. The highest BCUT2D eigenvalue weighted by Crippen LogP contribution is 2.36. The molecule has 0 spiro atoms. The highest BCUT2D eigenvalue weighted by atomic mass is 79.9. The Labute approximate surface area is 192 Å². The lowest BCUT2D eigenvalue weighted by molar-refractivity contribution is -0.118. The molecular weight excluding hydrogens is 485 g/mol. The zero-order valence-electron chi connectivity index (χ0n) is 17.0. The second-order valence-electron chi connectivity index (χ2n) is 6.54. The van der Waals surface area contributed by atoms with E-state index in [2.05, 4.69) is 28.2 Å². The third-order valence-corrected chi connectivity index (χ3v) is 5.96. The first-order chi connectivity index (χ1) is 14.9. The number of rotatable bonds is 8. The topological polar surface area (TPSA) is 64.6 Å². The third kappa shape index (κ3) is 5.71. The normalized spacial score (nSPS) is 10.6. The zero-order chi connectivity index (χ0) is 22.4. The number of esters is 1. The molecule has 3 rings (SSSR count). The molecule has 162 valence electrons. The van der Waals surface area contributed by atoms with Gasteiger partial charge >= 0.3 is 5.97 Å². The minimum atomic E-state index is -0.558. The minimum Gasteiger partial charge on any atom is -0.483 e. The van der Waals surface area contributed by atoms with Crippen molar-refractivity contribution in [2.24, 2.45) is 0 Å². The first-order valence-corrected chi connectivity index (χ1v) is 11.4. The molecule has 0 bridgehead atoms. The van der Waals surface area contributed by atoms with Crippen LogP contribution in [-0.4, -0.2) is 25.1 Å². The number of hydrogen-bond donors (Lipinski definition) is 1. The van der Waals surface area contributed by atoms with Crippen LogP contribution in [0.3, 0.4) is 0 Å². The average Bonchev–Trinajstić information content (AvgIpc) is 3.17. The number of hydrogen-bond acceptors (Lipinski definition) is 5. The number of thiophene rings is 1. The van der Waals surface area contributed by atoms with Crippen molar-refractivity contribution in [3.8, 4) is 16.9 Å². The van der Waals surface area contributed by atoms with E-state index in [0.717, 1.165) is 16.5 Å². The van der Waals surface area contributed by atoms with Crippen LogP contribution in [0.2, 0.25) is 0 Å². The summed E-state index contributed by atoms with van der Waals surface area (Å²) in [6.45, 7) is 3.72. The molecule has 5 nitrogen and oxygen atoms in total. The van der Waals surface area contributed by atoms with Gasteiger partial charge in [-0.05, 0) is 64.7 Å². The van der Waals surface area contributed by atoms with E-state index < -0.39 is 11.9 Å². The van der Waals surface area contributed by atoms with Crippen molar-refractivity contribution >= 4 is 44.1 Å². The Morgan fingerprint density at radius 2 is 1.87 bits per heavy atom. The van der Waals surface area contributed by atoms with Gasteiger partial charge in [0.2, 0.25) is 0 Å². The molecule has 0 aliphatic heterocycles. The monoisotopic (exact) mass is 505 g/mol.